The number of carbonyl (C=O) groups excluding carboxylic acids is 2. The summed E-state index contributed by atoms with van der Waals surface area (Å²) in [6.07, 6.45) is 0. The second kappa shape index (κ2) is 7.45. The molecule has 0 spiro atoms. The molecule has 0 aliphatic carbocycles. The topological polar surface area (TPSA) is 67.4 Å². The Kier molecular flexibility index (Phi) is 5.36. The maximum atomic E-state index is 12.3. The van der Waals surface area contributed by atoms with Crippen molar-refractivity contribution in [2.45, 2.75) is 13.8 Å². The quantitative estimate of drug-likeness (QED) is 0.887. The van der Waals surface area contributed by atoms with Crippen molar-refractivity contribution in [1.29, 1.82) is 0 Å². The molecule has 5 nitrogen and oxygen atoms in total. The van der Waals surface area contributed by atoms with Crippen LogP contribution in [0.15, 0.2) is 48.5 Å². The Hall–Kier alpha value is -2.82. The van der Waals surface area contributed by atoms with E-state index in [-0.39, 0.29) is 17.7 Å². The smallest absolute Gasteiger partial charge is 0.259 e. The van der Waals surface area contributed by atoms with E-state index < -0.39 is 0 Å². The Labute approximate surface area is 135 Å². The summed E-state index contributed by atoms with van der Waals surface area (Å²) < 4.78 is 5.18. The molecular weight excluding hydrogens is 292 g/mol. The molecular formula is C18H20N2O3. The van der Waals surface area contributed by atoms with Crippen LogP contribution in [0.4, 0.5) is 11.4 Å². The lowest BCUT2D eigenvalue weighted by Crippen LogP contribution is -2.17. The number of hydrogen-bond acceptors (Lipinski definition) is 3. The van der Waals surface area contributed by atoms with Gasteiger partial charge in [-0.25, -0.2) is 0 Å². The van der Waals surface area contributed by atoms with Crippen molar-refractivity contribution in [2.24, 2.45) is 5.92 Å². The number of rotatable bonds is 5. The molecule has 0 aliphatic heterocycles. The number of anilines is 2. The molecule has 0 unspecified atom stereocenters. The molecule has 0 aromatic heterocycles. The first-order chi connectivity index (χ1) is 11.0. The fourth-order valence-corrected chi connectivity index (χ4v) is 1.95. The number of nitrogens with one attached hydrogen (secondary N) is 2. The molecule has 0 aliphatic rings. The van der Waals surface area contributed by atoms with Gasteiger partial charge < -0.3 is 15.4 Å². The summed E-state index contributed by atoms with van der Waals surface area (Å²) in [7, 11) is 1.53. The van der Waals surface area contributed by atoms with Crippen molar-refractivity contribution < 1.29 is 14.3 Å². The molecule has 0 bridgehead atoms. The van der Waals surface area contributed by atoms with Crippen LogP contribution in [0.2, 0.25) is 0 Å². The lowest BCUT2D eigenvalue weighted by Gasteiger charge is -2.11. The largest absolute Gasteiger partial charge is 0.496 e. The molecule has 2 aromatic rings. The van der Waals surface area contributed by atoms with Crippen molar-refractivity contribution in [3.05, 3.63) is 54.1 Å². The van der Waals surface area contributed by atoms with Gasteiger partial charge in [-0.1, -0.05) is 26.0 Å². The highest BCUT2D eigenvalue weighted by molar-refractivity contribution is 6.06. The van der Waals surface area contributed by atoms with E-state index >= 15 is 0 Å². The maximum absolute atomic E-state index is 12.3. The summed E-state index contributed by atoms with van der Waals surface area (Å²) in [6.45, 7) is 3.66. The van der Waals surface area contributed by atoms with E-state index in [2.05, 4.69) is 10.6 Å². The van der Waals surface area contributed by atoms with Gasteiger partial charge in [0.25, 0.3) is 5.91 Å². The molecule has 23 heavy (non-hydrogen) atoms. The number of benzene rings is 2. The Morgan fingerprint density at radius 1 is 0.913 bits per heavy atom. The summed E-state index contributed by atoms with van der Waals surface area (Å²) in [5.74, 6) is 0.142. The number of hydrogen-bond donors (Lipinski definition) is 2. The van der Waals surface area contributed by atoms with E-state index in [1.165, 1.54) is 7.11 Å². The average molecular weight is 312 g/mol. The Bertz CT molecular complexity index is 694. The summed E-state index contributed by atoms with van der Waals surface area (Å²) >= 11 is 0. The summed E-state index contributed by atoms with van der Waals surface area (Å²) in [5.41, 5.74) is 1.80. The van der Waals surface area contributed by atoms with Crippen LogP contribution in [0, 0.1) is 5.92 Å². The van der Waals surface area contributed by atoms with Crippen molar-refractivity contribution in [3.8, 4) is 5.75 Å². The van der Waals surface area contributed by atoms with E-state index in [4.69, 9.17) is 4.74 Å². The van der Waals surface area contributed by atoms with E-state index in [9.17, 15) is 9.59 Å². The van der Waals surface area contributed by atoms with Crippen molar-refractivity contribution >= 4 is 23.2 Å². The first-order valence-electron chi connectivity index (χ1n) is 7.36. The number of para-hydroxylation sites is 1. The third-order valence-corrected chi connectivity index (χ3v) is 3.29. The van der Waals surface area contributed by atoms with E-state index in [1.807, 2.05) is 19.9 Å². The SMILES string of the molecule is COc1ccccc1C(=O)Nc1ccc(NC(=O)C(C)C)cc1. The van der Waals surface area contributed by atoms with Crippen LogP contribution < -0.4 is 15.4 Å². The van der Waals surface area contributed by atoms with Crippen LogP contribution >= 0.6 is 0 Å². The second-order valence-electron chi connectivity index (χ2n) is 5.38. The third-order valence-electron chi connectivity index (χ3n) is 3.29. The minimum absolute atomic E-state index is 0.0455. The molecule has 2 aromatic carbocycles. The molecule has 0 atom stereocenters. The van der Waals surface area contributed by atoms with Crippen molar-refractivity contribution in [1.82, 2.24) is 0 Å². The Balaban J connectivity index is 2.06. The van der Waals surface area contributed by atoms with Crippen molar-refractivity contribution in [2.75, 3.05) is 17.7 Å². The fourth-order valence-electron chi connectivity index (χ4n) is 1.95. The molecule has 120 valence electrons. The monoisotopic (exact) mass is 312 g/mol. The highest BCUT2D eigenvalue weighted by atomic mass is 16.5. The van der Waals surface area contributed by atoms with Gasteiger partial charge in [0.1, 0.15) is 5.75 Å². The third kappa shape index (κ3) is 4.32. The van der Waals surface area contributed by atoms with Gasteiger partial charge in [0.05, 0.1) is 12.7 Å². The average Bonchev–Trinajstić information content (AvgIpc) is 2.56. The fraction of sp³-hybridized carbons (Fsp3) is 0.222. The van der Waals surface area contributed by atoms with Crippen LogP contribution in [0.1, 0.15) is 24.2 Å². The molecule has 2 rings (SSSR count). The molecule has 5 heteroatoms. The van der Waals surface area contributed by atoms with Gasteiger partial charge in [0.2, 0.25) is 5.91 Å². The van der Waals surface area contributed by atoms with Crippen molar-refractivity contribution in [3.63, 3.8) is 0 Å². The van der Waals surface area contributed by atoms with Gasteiger partial charge in [0.15, 0.2) is 0 Å². The van der Waals surface area contributed by atoms with Gasteiger partial charge >= 0.3 is 0 Å². The zero-order chi connectivity index (χ0) is 16.8. The minimum atomic E-state index is -0.249. The van der Waals surface area contributed by atoms with Gasteiger partial charge in [-0.2, -0.15) is 0 Å². The molecule has 0 radical (unpaired) electrons. The minimum Gasteiger partial charge on any atom is -0.496 e. The number of amides is 2. The zero-order valence-corrected chi connectivity index (χ0v) is 13.4. The molecule has 0 saturated heterocycles. The lowest BCUT2D eigenvalue weighted by molar-refractivity contribution is -0.118. The Morgan fingerprint density at radius 2 is 1.48 bits per heavy atom. The first kappa shape index (κ1) is 16.5. The standard InChI is InChI=1S/C18H20N2O3/c1-12(2)17(21)19-13-8-10-14(11-9-13)20-18(22)15-6-4-5-7-16(15)23-3/h4-12H,1-3H3,(H,19,21)(H,20,22). The van der Waals surface area contributed by atoms with Crippen LogP contribution in [-0.4, -0.2) is 18.9 Å². The molecule has 0 fully saturated rings. The second-order valence-corrected chi connectivity index (χ2v) is 5.38. The molecule has 2 N–H and O–H groups in total. The lowest BCUT2D eigenvalue weighted by atomic mass is 10.1. The van der Waals surface area contributed by atoms with Crippen LogP contribution in [-0.2, 0) is 4.79 Å². The van der Waals surface area contributed by atoms with Gasteiger partial charge in [0, 0.05) is 17.3 Å². The normalized spacial score (nSPS) is 10.3. The predicted octanol–water partition coefficient (Wildman–Crippen LogP) is 3.54. The van der Waals surface area contributed by atoms with Crippen LogP contribution in [0.3, 0.4) is 0 Å². The summed E-state index contributed by atoms with van der Waals surface area (Å²) in [4.78, 5) is 23.9. The van der Waals surface area contributed by atoms with Gasteiger partial charge in [-0.15, -0.1) is 0 Å². The number of ether oxygens (including phenoxy) is 1. The molecule has 0 saturated carbocycles. The highest BCUT2D eigenvalue weighted by Gasteiger charge is 2.12. The molecule has 2 amide bonds. The van der Waals surface area contributed by atoms with Crippen LogP contribution in [0.25, 0.3) is 0 Å². The highest BCUT2D eigenvalue weighted by Crippen LogP contribution is 2.20. The molecule has 0 heterocycles. The van der Waals surface area contributed by atoms with Gasteiger partial charge in [-0.05, 0) is 36.4 Å². The number of carbonyl (C=O) groups is 2. The predicted molar refractivity (Wildman–Crippen MR) is 90.9 cm³/mol. The van der Waals surface area contributed by atoms with E-state index in [0.717, 1.165) is 0 Å². The summed E-state index contributed by atoms with van der Waals surface area (Å²) in [6, 6.07) is 14.0. The Morgan fingerprint density at radius 3 is 2.04 bits per heavy atom. The number of methoxy groups -OCH3 is 1. The van der Waals surface area contributed by atoms with E-state index in [1.54, 1.807) is 42.5 Å². The van der Waals surface area contributed by atoms with E-state index in [0.29, 0.717) is 22.7 Å². The van der Waals surface area contributed by atoms with Crippen LogP contribution in [0.5, 0.6) is 5.75 Å². The van der Waals surface area contributed by atoms with Gasteiger partial charge in [-0.3, -0.25) is 9.59 Å². The summed E-state index contributed by atoms with van der Waals surface area (Å²) in [5, 5.41) is 5.60. The zero-order valence-electron chi connectivity index (χ0n) is 13.4. The first-order valence-corrected chi connectivity index (χ1v) is 7.36. The maximum Gasteiger partial charge on any atom is 0.259 e.